The number of fused-ring (bicyclic) bond motifs is 1. The number of ether oxygens (including phenoxy) is 4. The first-order valence-electron chi connectivity index (χ1n) is 10.5. The highest BCUT2D eigenvalue weighted by molar-refractivity contribution is 5.68. The highest BCUT2D eigenvalue weighted by Gasteiger charge is 2.35. The summed E-state index contributed by atoms with van der Waals surface area (Å²) in [6.07, 6.45) is 0.429. The molecule has 0 radical (unpaired) electrons. The van der Waals surface area contributed by atoms with Crippen molar-refractivity contribution in [3.63, 3.8) is 0 Å². The number of hydrogen-bond donors (Lipinski definition) is 0. The Morgan fingerprint density at radius 2 is 1.87 bits per heavy atom. The molecule has 6 nitrogen and oxygen atoms in total. The largest absolute Gasteiger partial charge is 0.493 e. The molecule has 1 amide bonds. The average molecular weight is 429 g/mol. The number of halogens is 1. The van der Waals surface area contributed by atoms with Crippen molar-refractivity contribution in [1.29, 1.82) is 0 Å². The minimum atomic E-state index is -0.552. The Morgan fingerprint density at radius 3 is 2.61 bits per heavy atom. The fraction of sp³-hybridized carbons (Fsp3) is 0.458. The van der Waals surface area contributed by atoms with Crippen molar-refractivity contribution in [3.8, 4) is 17.2 Å². The highest BCUT2D eigenvalue weighted by atomic mass is 19.1. The van der Waals surface area contributed by atoms with Crippen LogP contribution in [0.4, 0.5) is 9.18 Å². The van der Waals surface area contributed by atoms with Crippen LogP contribution < -0.4 is 14.2 Å². The zero-order chi connectivity index (χ0) is 22.0. The van der Waals surface area contributed by atoms with Crippen molar-refractivity contribution < 1.29 is 28.1 Å². The van der Waals surface area contributed by atoms with E-state index in [1.807, 2.05) is 51.1 Å². The van der Waals surface area contributed by atoms with Gasteiger partial charge in [-0.15, -0.1) is 0 Å². The number of benzene rings is 2. The second kappa shape index (κ2) is 8.65. The maximum atomic E-state index is 13.4. The normalized spacial score (nSPS) is 20.5. The Bertz CT molecular complexity index is 925. The van der Waals surface area contributed by atoms with E-state index >= 15 is 0 Å². The van der Waals surface area contributed by atoms with E-state index in [0.717, 1.165) is 12.0 Å². The molecule has 2 atom stereocenters. The molecule has 0 bridgehead atoms. The van der Waals surface area contributed by atoms with Gasteiger partial charge in [0.15, 0.2) is 11.5 Å². The molecule has 2 aromatic carbocycles. The van der Waals surface area contributed by atoms with Crippen molar-refractivity contribution in [3.05, 3.63) is 53.8 Å². The van der Waals surface area contributed by atoms with Crippen LogP contribution in [0.15, 0.2) is 42.5 Å². The van der Waals surface area contributed by atoms with Gasteiger partial charge in [-0.2, -0.15) is 0 Å². The van der Waals surface area contributed by atoms with Gasteiger partial charge in [-0.3, -0.25) is 0 Å². The number of carbonyl (C=O) groups is 1. The molecule has 2 heterocycles. The molecule has 0 spiro atoms. The molecule has 4 rings (SSSR count). The van der Waals surface area contributed by atoms with E-state index in [0.29, 0.717) is 36.9 Å². The molecule has 7 heteroatoms. The summed E-state index contributed by atoms with van der Waals surface area (Å²) < 4.78 is 35.9. The molecule has 0 aromatic heterocycles. The van der Waals surface area contributed by atoms with E-state index in [4.69, 9.17) is 18.9 Å². The van der Waals surface area contributed by atoms with Crippen LogP contribution in [0.3, 0.4) is 0 Å². The number of hydrogen-bond acceptors (Lipinski definition) is 5. The Hall–Kier alpha value is -2.96. The molecule has 0 saturated carbocycles. The van der Waals surface area contributed by atoms with Gasteiger partial charge in [0.2, 0.25) is 6.79 Å². The van der Waals surface area contributed by atoms with Crippen LogP contribution in [-0.2, 0) is 4.74 Å². The van der Waals surface area contributed by atoms with Gasteiger partial charge in [0, 0.05) is 25.1 Å². The second-order valence-corrected chi connectivity index (χ2v) is 8.96. The topological polar surface area (TPSA) is 57.2 Å². The lowest BCUT2D eigenvalue weighted by molar-refractivity contribution is 0.0111. The number of nitrogens with zero attached hydrogens (tertiary/aromatic N) is 1. The molecule has 31 heavy (non-hydrogen) atoms. The van der Waals surface area contributed by atoms with E-state index in [1.165, 1.54) is 12.1 Å². The lowest BCUT2D eigenvalue weighted by Gasteiger charge is -2.39. The third-order valence-electron chi connectivity index (χ3n) is 5.49. The maximum Gasteiger partial charge on any atom is 0.410 e. The molecule has 2 aliphatic heterocycles. The van der Waals surface area contributed by atoms with Gasteiger partial charge < -0.3 is 23.8 Å². The molecule has 2 aliphatic rings. The molecule has 1 saturated heterocycles. The molecule has 166 valence electrons. The summed E-state index contributed by atoms with van der Waals surface area (Å²) in [6.45, 7) is 7.27. The summed E-state index contributed by atoms with van der Waals surface area (Å²) in [6, 6.07) is 12.1. The van der Waals surface area contributed by atoms with Crippen molar-refractivity contribution in [1.82, 2.24) is 4.90 Å². The van der Waals surface area contributed by atoms with Gasteiger partial charge in [-0.25, -0.2) is 9.18 Å². The summed E-state index contributed by atoms with van der Waals surface area (Å²) in [5, 5.41) is 0. The lowest BCUT2D eigenvalue weighted by Crippen LogP contribution is -2.46. The molecular formula is C24H28FNO5. The number of likely N-dealkylation sites (tertiary alicyclic amines) is 1. The van der Waals surface area contributed by atoms with Gasteiger partial charge >= 0.3 is 6.09 Å². The Morgan fingerprint density at radius 1 is 1.13 bits per heavy atom. The molecule has 2 aromatic rings. The summed E-state index contributed by atoms with van der Waals surface area (Å²) >= 11 is 0. The van der Waals surface area contributed by atoms with Crippen LogP contribution in [0.1, 0.15) is 38.7 Å². The van der Waals surface area contributed by atoms with Gasteiger partial charge in [-0.1, -0.05) is 12.1 Å². The summed E-state index contributed by atoms with van der Waals surface area (Å²) in [7, 11) is 0. The highest BCUT2D eigenvalue weighted by Crippen LogP contribution is 2.37. The van der Waals surface area contributed by atoms with Crippen molar-refractivity contribution in [2.45, 2.75) is 38.7 Å². The van der Waals surface area contributed by atoms with Crippen molar-refractivity contribution in [2.75, 3.05) is 26.5 Å². The van der Waals surface area contributed by atoms with E-state index in [-0.39, 0.29) is 30.5 Å². The van der Waals surface area contributed by atoms with Gasteiger partial charge in [0.1, 0.15) is 17.2 Å². The summed E-state index contributed by atoms with van der Waals surface area (Å²) in [5.41, 5.74) is 0.494. The standard InChI is InChI=1S/C24H28FNO5/c1-24(2,3)31-23(27)26-11-10-20(16-4-6-18(25)7-5-16)17(13-26)14-28-19-8-9-21-22(12-19)30-15-29-21/h4-9,12,17,20H,10-11,13-15H2,1-3H3/t17-,20-/m1/s1. The Kier molecular flexibility index (Phi) is 5.94. The second-order valence-electron chi connectivity index (χ2n) is 8.96. The minimum absolute atomic E-state index is 0.0251. The number of rotatable bonds is 4. The van der Waals surface area contributed by atoms with Gasteiger partial charge in [0.25, 0.3) is 0 Å². The van der Waals surface area contributed by atoms with E-state index in [9.17, 15) is 9.18 Å². The molecule has 0 aliphatic carbocycles. The first-order chi connectivity index (χ1) is 14.8. The summed E-state index contributed by atoms with van der Waals surface area (Å²) in [4.78, 5) is 14.4. The van der Waals surface area contributed by atoms with Gasteiger partial charge in [-0.05, 0) is 62.9 Å². The zero-order valence-electron chi connectivity index (χ0n) is 18.1. The van der Waals surface area contributed by atoms with Crippen molar-refractivity contribution >= 4 is 6.09 Å². The van der Waals surface area contributed by atoms with E-state index in [1.54, 1.807) is 4.90 Å². The fourth-order valence-corrected chi connectivity index (χ4v) is 4.01. The van der Waals surface area contributed by atoms with Crippen LogP contribution in [0.2, 0.25) is 0 Å². The molecular weight excluding hydrogens is 401 g/mol. The molecule has 0 N–H and O–H groups in total. The lowest BCUT2D eigenvalue weighted by atomic mass is 9.81. The fourth-order valence-electron chi connectivity index (χ4n) is 4.01. The van der Waals surface area contributed by atoms with Crippen molar-refractivity contribution in [2.24, 2.45) is 5.92 Å². The first-order valence-corrected chi connectivity index (χ1v) is 10.5. The smallest absolute Gasteiger partial charge is 0.410 e. The van der Waals surface area contributed by atoms with E-state index in [2.05, 4.69) is 0 Å². The quantitative estimate of drug-likeness (QED) is 0.687. The number of piperidine rings is 1. The maximum absolute atomic E-state index is 13.4. The predicted octanol–water partition coefficient (Wildman–Crippen LogP) is 4.97. The summed E-state index contributed by atoms with van der Waals surface area (Å²) in [5.74, 6) is 1.95. The monoisotopic (exact) mass is 429 g/mol. The third-order valence-corrected chi connectivity index (χ3v) is 5.49. The number of carbonyl (C=O) groups excluding carboxylic acids is 1. The van der Waals surface area contributed by atoms with Crippen LogP contribution in [0.5, 0.6) is 17.2 Å². The SMILES string of the molecule is CC(C)(C)OC(=O)N1CC[C@H](c2ccc(F)cc2)[C@@H](COc2ccc3c(c2)OCO3)C1. The zero-order valence-corrected chi connectivity index (χ0v) is 18.1. The number of amides is 1. The van der Waals surface area contributed by atoms with Crippen LogP contribution >= 0.6 is 0 Å². The van der Waals surface area contributed by atoms with E-state index < -0.39 is 5.60 Å². The predicted molar refractivity (Wildman–Crippen MR) is 113 cm³/mol. The molecule has 0 unspecified atom stereocenters. The van der Waals surface area contributed by atoms with Crippen LogP contribution in [0, 0.1) is 11.7 Å². The minimum Gasteiger partial charge on any atom is -0.493 e. The van der Waals surface area contributed by atoms with Gasteiger partial charge in [0.05, 0.1) is 6.61 Å². The Labute approximate surface area is 181 Å². The molecule has 1 fully saturated rings. The first kappa shape index (κ1) is 21.3. The van der Waals surface area contributed by atoms with Crippen LogP contribution in [0.25, 0.3) is 0 Å². The van der Waals surface area contributed by atoms with Crippen LogP contribution in [-0.4, -0.2) is 43.1 Å². The third kappa shape index (κ3) is 5.21. The average Bonchev–Trinajstić information content (AvgIpc) is 3.19. The Balaban J connectivity index is 1.49.